The fourth-order valence-corrected chi connectivity index (χ4v) is 3.45. The molecule has 0 radical (unpaired) electrons. The second-order valence-corrected chi connectivity index (χ2v) is 8.35. The minimum atomic E-state index is -1.15. The van der Waals surface area contributed by atoms with Gasteiger partial charge in [0.2, 0.25) is 11.8 Å². The van der Waals surface area contributed by atoms with Crippen molar-refractivity contribution < 1.29 is 24.2 Å². The van der Waals surface area contributed by atoms with E-state index in [9.17, 15) is 19.5 Å². The van der Waals surface area contributed by atoms with E-state index in [4.69, 9.17) is 0 Å². The lowest BCUT2D eigenvalue weighted by Gasteiger charge is -2.26. The van der Waals surface area contributed by atoms with Gasteiger partial charge in [0.15, 0.2) is 6.04 Å². The summed E-state index contributed by atoms with van der Waals surface area (Å²) in [5.74, 6) is -1.31. The number of ether oxygens (including phenoxy) is 1. The third-order valence-corrected chi connectivity index (χ3v) is 5.07. The molecule has 31 heavy (non-hydrogen) atoms. The van der Waals surface area contributed by atoms with E-state index in [1.165, 1.54) is 7.11 Å². The standard InChI is InChI=1S/C21H41N5O5/c1-16(2)13-17(20(29)25-18(15-27)21(30)31-3)24-19(28)14-26-11-5-9-22-7-4-8-23-10-6-12-26/h16-18,22-23,27H,4-15H2,1-3H3,(H,24,28)(H,25,29)/t17-,18-/m0/s1. The summed E-state index contributed by atoms with van der Waals surface area (Å²) in [6, 6.07) is -1.94. The van der Waals surface area contributed by atoms with E-state index in [2.05, 4.69) is 30.9 Å². The number of aliphatic hydroxyl groups is 1. The number of carbonyl (C=O) groups excluding carboxylic acids is 3. The normalized spacial score (nSPS) is 18.9. The van der Waals surface area contributed by atoms with E-state index >= 15 is 0 Å². The zero-order chi connectivity index (χ0) is 23.1. The van der Waals surface area contributed by atoms with Gasteiger partial charge in [0.05, 0.1) is 20.3 Å². The maximum Gasteiger partial charge on any atom is 0.330 e. The van der Waals surface area contributed by atoms with Crippen molar-refractivity contribution in [1.29, 1.82) is 0 Å². The number of hydrogen-bond donors (Lipinski definition) is 5. The van der Waals surface area contributed by atoms with Crippen LogP contribution in [0.2, 0.25) is 0 Å². The number of aliphatic hydroxyl groups excluding tert-OH is 1. The fraction of sp³-hybridized carbons (Fsp3) is 0.857. The zero-order valence-electron chi connectivity index (χ0n) is 19.2. The third-order valence-electron chi connectivity index (χ3n) is 5.07. The van der Waals surface area contributed by atoms with Crippen molar-refractivity contribution in [3.63, 3.8) is 0 Å². The first-order chi connectivity index (χ1) is 14.9. The number of nitrogens with one attached hydrogen (secondary N) is 4. The molecule has 0 aromatic carbocycles. The van der Waals surface area contributed by atoms with E-state index in [1.54, 1.807) is 0 Å². The van der Waals surface area contributed by atoms with Crippen LogP contribution in [0.15, 0.2) is 0 Å². The largest absolute Gasteiger partial charge is 0.467 e. The highest BCUT2D eigenvalue weighted by Crippen LogP contribution is 2.06. The van der Waals surface area contributed by atoms with Gasteiger partial charge in [0, 0.05) is 0 Å². The zero-order valence-corrected chi connectivity index (χ0v) is 19.2. The molecule has 180 valence electrons. The van der Waals surface area contributed by atoms with Gasteiger partial charge in [-0.15, -0.1) is 0 Å². The van der Waals surface area contributed by atoms with E-state index in [0.29, 0.717) is 6.42 Å². The summed E-state index contributed by atoms with van der Waals surface area (Å²) in [6.45, 7) is 8.93. The first-order valence-electron chi connectivity index (χ1n) is 11.3. The monoisotopic (exact) mass is 443 g/mol. The molecule has 2 amide bonds. The highest BCUT2D eigenvalue weighted by molar-refractivity contribution is 5.91. The molecule has 1 aliphatic heterocycles. The van der Waals surface area contributed by atoms with Crippen LogP contribution in [0.4, 0.5) is 0 Å². The second-order valence-electron chi connectivity index (χ2n) is 8.35. The molecule has 0 bridgehead atoms. The summed E-state index contributed by atoms with van der Waals surface area (Å²) in [4.78, 5) is 39.2. The number of carbonyl (C=O) groups is 3. The summed E-state index contributed by atoms with van der Waals surface area (Å²) >= 11 is 0. The summed E-state index contributed by atoms with van der Waals surface area (Å²) in [7, 11) is 1.19. The van der Waals surface area contributed by atoms with Gasteiger partial charge in [0.25, 0.3) is 0 Å². The number of methoxy groups -OCH3 is 1. The van der Waals surface area contributed by atoms with Gasteiger partial charge in [-0.2, -0.15) is 0 Å². The van der Waals surface area contributed by atoms with Crippen molar-refractivity contribution in [2.45, 2.75) is 51.6 Å². The maximum atomic E-state index is 12.7. The van der Waals surface area contributed by atoms with Crippen LogP contribution >= 0.6 is 0 Å². The number of amides is 2. The summed E-state index contributed by atoms with van der Waals surface area (Å²) in [6.07, 6.45) is 3.44. The number of rotatable bonds is 9. The molecule has 0 aliphatic carbocycles. The molecule has 1 heterocycles. The molecule has 0 spiro atoms. The van der Waals surface area contributed by atoms with Crippen molar-refractivity contribution in [3.8, 4) is 0 Å². The third kappa shape index (κ3) is 12.0. The van der Waals surface area contributed by atoms with Gasteiger partial charge in [-0.1, -0.05) is 13.8 Å². The Kier molecular flexibility index (Phi) is 14.1. The van der Waals surface area contributed by atoms with Crippen LogP contribution in [0.3, 0.4) is 0 Å². The summed E-state index contributed by atoms with van der Waals surface area (Å²) in [5.41, 5.74) is 0. The van der Waals surface area contributed by atoms with Gasteiger partial charge in [-0.05, 0) is 70.9 Å². The highest BCUT2D eigenvalue weighted by Gasteiger charge is 2.27. The quantitative estimate of drug-likeness (QED) is 0.282. The van der Waals surface area contributed by atoms with Gasteiger partial charge >= 0.3 is 5.97 Å². The molecule has 1 fully saturated rings. The van der Waals surface area contributed by atoms with Gasteiger partial charge in [0.1, 0.15) is 6.04 Å². The fourth-order valence-electron chi connectivity index (χ4n) is 3.45. The first-order valence-corrected chi connectivity index (χ1v) is 11.3. The van der Waals surface area contributed by atoms with E-state index in [-0.39, 0.29) is 18.4 Å². The summed E-state index contributed by atoms with van der Waals surface area (Å²) in [5, 5.41) is 21.4. The van der Waals surface area contributed by atoms with Crippen LogP contribution in [0.1, 0.15) is 39.5 Å². The lowest BCUT2D eigenvalue weighted by atomic mass is 10.0. The number of nitrogens with zero attached hydrogens (tertiary/aromatic N) is 1. The van der Waals surface area contributed by atoms with E-state index in [0.717, 1.165) is 58.5 Å². The number of hydrogen-bond acceptors (Lipinski definition) is 8. The van der Waals surface area contributed by atoms with E-state index in [1.807, 2.05) is 13.8 Å². The molecule has 1 rings (SSSR count). The Morgan fingerprint density at radius 1 is 0.968 bits per heavy atom. The average Bonchev–Trinajstić information content (AvgIpc) is 2.72. The second kappa shape index (κ2) is 16.0. The molecule has 2 atom stereocenters. The van der Waals surface area contributed by atoms with Gasteiger partial charge in [-0.25, -0.2) is 4.79 Å². The molecular weight excluding hydrogens is 402 g/mol. The lowest BCUT2D eigenvalue weighted by molar-refractivity contribution is -0.146. The number of esters is 1. The molecule has 0 saturated carbocycles. The highest BCUT2D eigenvalue weighted by atomic mass is 16.5. The molecule has 10 heteroatoms. The van der Waals surface area contributed by atoms with Crippen LogP contribution in [-0.2, 0) is 19.1 Å². The minimum absolute atomic E-state index is 0.153. The average molecular weight is 444 g/mol. The van der Waals surface area contributed by atoms with Gasteiger partial charge in [-0.3, -0.25) is 14.5 Å². The smallest absolute Gasteiger partial charge is 0.330 e. The Hall–Kier alpha value is -1.75. The van der Waals surface area contributed by atoms with Crippen molar-refractivity contribution in [3.05, 3.63) is 0 Å². The molecule has 0 unspecified atom stereocenters. The minimum Gasteiger partial charge on any atom is -0.467 e. The Labute approximate surface area is 185 Å². The maximum absolute atomic E-state index is 12.7. The van der Waals surface area contributed by atoms with Crippen molar-refractivity contribution in [2.75, 3.05) is 59.5 Å². The molecule has 0 aromatic heterocycles. The van der Waals surface area contributed by atoms with Crippen LogP contribution in [0.5, 0.6) is 0 Å². The van der Waals surface area contributed by atoms with Crippen molar-refractivity contribution in [2.24, 2.45) is 5.92 Å². The molecule has 1 aliphatic rings. The lowest BCUT2D eigenvalue weighted by Crippen LogP contribution is -2.54. The summed E-state index contributed by atoms with van der Waals surface area (Å²) < 4.78 is 4.59. The Bertz CT molecular complexity index is 534. The SMILES string of the molecule is COC(=O)[C@H](CO)NC(=O)[C@H](CC(C)C)NC(=O)CN1CCCNCCCNCCC1. The molecule has 0 aromatic rings. The predicted molar refractivity (Wildman–Crippen MR) is 118 cm³/mol. The molecule has 1 saturated heterocycles. The van der Waals surface area contributed by atoms with E-state index < -0.39 is 30.6 Å². The van der Waals surface area contributed by atoms with Crippen LogP contribution in [0, 0.1) is 5.92 Å². The Balaban J connectivity index is 2.66. The molecular formula is C21H41N5O5. The van der Waals surface area contributed by atoms with Crippen LogP contribution in [-0.4, -0.2) is 99.4 Å². The first kappa shape index (κ1) is 27.3. The van der Waals surface area contributed by atoms with Crippen molar-refractivity contribution >= 4 is 17.8 Å². The topological polar surface area (TPSA) is 132 Å². The molecule has 10 nitrogen and oxygen atoms in total. The Morgan fingerprint density at radius 2 is 1.55 bits per heavy atom. The van der Waals surface area contributed by atoms with Crippen molar-refractivity contribution in [1.82, 2.24) is 26.2 Å². The predicted octanol–water partition coefficient (Wildman–Crippen LogP) is -1.17. The molecule has 5 N–H and O–H groups in total. The van der Waals surface area contributed by atoms with Crippen LogP contribution < -0.4 is 21.3 Å². The van der Waals surface area contributed by atoms with Crippen LogP contribution in [0.25, 0.3) is 0 Å². The van der Waals surface area contributed by atoms with Gasteiger partial charge < -0.3 is 31.1 Å². The Morgan fingerprint density at radius 3 is 2.06 bits per heavy atom.